The van der Waals surface area contributed by atoms with Crippen molar-refractivity contribution in [1.29, 1.82) is 0 Å². The molecule has 2 heterocycles. The van der Waals surface area contributed by atoms with Gasteiger partial charge in [0.05, 0.1) is 18.6 Å². The summed E-state index contributed by atoms with van der Waals surface area (Å²) in [5.74, 6) is 1.94. The molecule has 2 aliphatic heterocycles. The summed E-state index contributed by atoms with van der Waals surface area (Å²) in [6, 6.07) is 13.5. The van der Waals surface area contributed by atoms with E-state index >= 15 is 0 Å². The Morgan fingerprint density at radius 1 is 1.17 bits per heavy atom. The number of hydrogen-bond acceptors (Lipinski definition) is 4. The van der Waals surface area contributed by atoms with Crippen molar-refractivity contribution in [2.24, 2.45) is 11.8 Å². The molecule has 2 aliphatic rings. The van der Waals surface area contributed by atoms with E-state index in [1.165, 1.54) is 5.56 Å². The van der Waals surface area contributed by atoms with Crippen LogP contribution >= 0.6 is 24.0 Å². The van der Waals surface area contributed by atoms with Crippen LogP contribution in [0.3, 0.4) is 0 Å². The van der Waals surface area contributed by atoms with Gasteiger partial charge in [-0.05, 0) is 48.4 Å². The summed E-state index contributed by atoms with van der Waals surface area (Å²) in [5.41, 5.74) is 2.10. The molecule has 7 heteroatoms. The average molecular weight is 437 g/mol. The molecule has 156 valence electrons. The number of fused-ring (bicyclic) bond motifs is 1. The molecule has 2 fully saturated rings. The molecule has 5 nitrogen and oxygen atoms in total. The highest BCUT2D eigenvalue weighted by Gasteiger charge is 2.47. The van der Waals surface area contributed by atoms with Crippen molar-refractivity contribution in [2.75, 3.05) is 33.8 Å². The Labute approximate surface area is 182 Å². The van der Waals surface area contributed by atoms with E-state index in [0.717, 1.165) is 30.9 Å². The minimum atomic E-state index is 0. The number of hydrogen-bond donors (Lipinski definition) is 1. The second-order valence-electron chi connectivity index (χ2n) is 7.84. The number of halogens is 2. The summed E-state index contributed by atoms with van der Waals surface area (Å²) < 4.78 is 5.27. The zero-order valence-electron chi connectivity index (χ0n) is 16.5. The van der Waals surface area contributed by atoms with Gasteiger partial charge in [0, 0.05) is 31.6 Å². The maximum absolute atomic E-state index is 12.8. The number of nitrogens with zero attached hydrogens (tertiary/aromatic N) is 2. The fraction of sp³-hybridized carbons (Fsp3) is 0.409. The van der Waals surface area contributed by atoms with Crippen LogP contribution in [0.4, 0.5) is 0 Å². The Morgan fingerprint density at radius 3 is 2.55 bits per heavy atom. The number of carbonyl (C=O) groups is 1. The van der Waals surface area contributed by atoms with E-state index in [1.54, 1.807) is 25.3 Å². The highest BCUT2D eigenvalue weighted by molar-refractivity contribution is 6.32. The van der Waals surface area contributed by atoms with Crippen molar-refractivity contribution in [2.45, 2.75) is 12.5 Å². The quantitative estimate of drug-likeness (QED) is 0.791. The van der Waals surface area contributed by atoms with Gasteiger partial charge in [-0.25, -0.2) is 0 Å². The van der Waals surface area contributed by atoms with Crippen LogP contribution in [-0.4, -0.2) is 54.6 Å². The Bertz CT molecular complexity index is 875. The van der Waals surface area contributed by atoms with Gasteiger partial charge in [-0.2, -0.15) is 0 Å². The van der Waals surface area contributed by atoms with Gasteiger partial charge in [-0.3, -0.25) is 9.69 Å². The molecule has 4 rings (SSSR count). The Balaban J connectivity index is 0.00000240. The molecule has 2 aromatic rings. The number of phenols is 1. The smallest absolute Gasteiger partial charge is 0.227 e. The molecular weight excluding hydrogens is 411 g/mol. The summed E-state index contributed by atoms with van der Waals surface area (Å²) >= 11 is 5.97. The lowest BCUT2D eigenvalue weighted by molar-refractivity contribution is -0.129. The largest absolute Gasteiger partial charge is 0.506 e. The first-order valence-corrected chi connectivity index (χ1v) is 9.93. The third-order valence-corrected chi connectivity index (χ3v) is 6.37. The number of phenolic OH excluding ortho intramolecular Hbond substituents is 1. The van der Waals surface area contributed by atoms with Crippen LogP contribution in [0.5, 0.6) is 11.5 Å². The molecule has 2 aromatic carbocycles. The molecule has 0 aliphatic carbocycles. The predicted octanol–water partition coefficient (Wildman–Crippen LogP) is 3.78. The van der Waals surface area contributed by atoms with E-state index < -0.39 is 0 Å². The van der Waals surface area contributed by atoms with Crippen LogP contribution in [0.25, 0.3) is 0 Å². The first-order chi connectivity index (χ1) is 13.5. The Morgan fingerprint density at radius 2 is 1.90 bits per heavy atom. The average Bonchev–Trinajstić information content (AvgIpc) is 3.21. The fourth-order valence-corrected chi connectivity index (χ4v) is 4.91. The lowest BCUT2D eigenvalue weighted by Gasteiger charge is -2.27. The summed E-state index contributed by atoms with van der Waals surface area (Å²) in [4.78, 5) is 17.2. The monoisotopic (exact) mass is 436 g/mol. The molecule has 0 aromatic heterocycles. The van der Waals surface area contributed by atoms with Gasteiger partial charge in [0.15, 0.2) is 0 Å². The van der Waals surface area contributed by atoms with Gasteiger partial charge in [-0.15, -0.1) is 12.4 Å². The van der Waals surface area contributed by atoms with Gasteiger partial charge in [0.1, 0.15) is 11.5 Å². The number of methoxy groups -OCH3 is 1. The first kappa shape index (κ1) is 21.8. The van der Waals surface area contributed by atoms with E-state index in [2.05, 4.69) is 24.1 Å². The molecule has 0 bridgehead atoms. The lowest BCUT2D eigenvalue weighted by atomic mass is 9.89. The standard InChI is InChI=1S/C22H25ClN2O3.ClH/c1-24-11-16-12-25(21(27)10-14-3-8-20(26)19(23)9-14)13-18(16)22(24)15-4-6-17(28-2)7-5-15;/h3-9,16,18,22,26H,10-13H2,1-2H3;1H/t16-,18+,22+;/m0./s1. The van der Waals surface area contributed by atoms with Gasteiger partial charge in [0.2, 0.25) is 5.91 Å². The number of likely N-dealkylation sites (tertiary alicyclic amines) is 2. The predicted molar refractivity (Wildman–Crippen MR) is 116 cm³/mol. The molecular formula is C22H26Cl2N2O3. The fourth-order valence-electron chi connectivity index (χ4n) is 4.71. The maximum Gasteiger partial charge on any atom is 0.227 e. The van der Waals surface area contributed by atoms with Crippen molar-refractivity contribution in [3.63, 3.8) is 0 Å². The molecule has 1 N–H and O–H groups in total. The first-order valence-electron chi connectivity index (χ1n) is 9.55. The number of carbonyl (C=O) groups excluding carboxylic acids is 1. The number of amides is 1. The summed E-state index contributed by atoms with van der Waals surface area (Å²) in [6.45, 7) is 2.57. The van der Waals surface area contributed by atoms with Crippen molar-refractivity contribution in [1.82, 2.24) is 9.80 Å². The van der Waals surface area contributed by atoms with Crippen LogP contribution in [0.2, 0.25) is 5.02 Å². The van der Waals surface area contributed by atoms with E-state index in [-0.39, 0.29) is 29.1 Å². The molecule has 0 unspecified atom stereocenters. The zero-order valence-corrected chi connectivity index (χ0v) is 18.1. The topological polar surface area (TPSA) is 53.0 Å². The van der Waals surface area contributed by atoms with Crippen LogP contribution in [0.1, 0.15) is 17.2 Å². The van der Waals surface area contributed by atoms with Gasteiger partial charge in [-0.1, -0.05) is 29.8 Å². The molecule has 3 atom stereocenters. The van der Waals surface area contributed by atoms with Gasteiger partial charge >= 0.3 is 0 Å². The van der Waals surface area contributed by atoms with Gasteiger partial charge in [0.25, 0.3) is 0 Å². The summed E-state index contributed by atoms with van der Waals surface area (Å²) in [6.07, 6.45) is 0.308. The SMILES string of the molecule is COc1ccc([C@@H]2[C@@H]3CN(C(=O)Cc4ccc(O)c(Cl)c4)C[C@@H]3CN2C)cc1.Cl. The molecule has 0 saturated carbocycles. The molecule has 29 heavy (non-hydrogen) atoms. The molecule has 0 radical (unpaired) electrons. The highest BCUT2D eigenvalue weighted by atomic mass is 35.5. The zero-order chi connectivity index (χ0) is 19.8. The number of benzene rings is 2. The van der Waals surface area contributed by atoms with E-state index in [4.69, 9.17) is 16.3 Å². The van der Waals surface area contributed by atoms with Crippen LogP contribution in [0.15, 0.2) is 42.5 Å². The molecule has 0 spiro atoms. The summed E-state index contributed by atoms with van der Waals surface area (Å²) in [5, 5.41) is 9.84. The summed E-state index contributed by atoms with van der Waals surface area (Å²) in [7, 11) is 3.84. The third kappa shape index (κ3) is 4.32. The van der Waals surface area contributed by atoms with E-state index in [9.17, 15) is 9.90 Å². The molecule has 2 saturated heterocycles. The van der Waals surface area contributed by atoms with Crippen molar-refractivity contribution < 1.29 is 14.6 Å². The highest BCUT2D eigenvalue weighted by Crippen LogP contribution is 2.44. The number of ether oxygens (including phenoxy) is 1. The Kier molecular flexibility index (Phi) is 6.62. The minimum absolute atomic E-state index is 0. The van der Waals surface area contributed by atoms with Gasteiger partial charge < -0.3 is 14.7 Å². The van der Waals surface area contributed by atoms with Crippen LogP contribution < -0.4 is 4.74 Å². The minimum Gasteiger partial charge on any atom is -0.506 e. The van der Waals surface area contributed by atoms with Crippen molar-refractivity contribution >= 4 is 29.9 Å². The second-order valence-corrected chi connectivity index (χ2v) is 8.25. The third-order valence-electron chi connectivity index (χ3n) is 6.07. The normalized spacial score (nSPS) is 23.6. The lowest BCUT2D eigenvalue weighted by Crippen LogP contribution is -2.34. The van der Waals surface area contributed by atoms with E-state index in [1.807, 2.05) is 17.0 Å². The second kappa shape index (κ2) is 8.82. The van der Waals surface area contributed by atoms with Crippen LogP contribution in [0, 0.1) is 11.8 Å². The van der Waals surface area contributed by atoms with Crippen molar-refractivity contribution in [3.8, 4) is 11.5 Å². The Hall–Kier alpha value is -1.95. The number of rotatable bonds is 4. The van der Waals surface area contributed by atoms with E-state index in [0.29, 0.717) is 24.3 Å². The number of aromatic hydroxyl groups is 1. The van der Waals surface area contributed by atoms with Crippen LogP contribution in [-0.2, 0) is 11.2 Å². The maximum atomic E-state index is 12.8. The molecule has 1 amide bonds. The van der Waals surface area contributed by atoms with Crippen molar-refractivity contribution in [3.05, 3.63) is 58.6 Å².